The summed E-state index contributed by atoms with van der Waals surface area (Å²) in [5, 5.41) is 0. The highest BCUT2D eigenvalue weighted by molar-refractivity contribution is 7.81. The van der Waals surface area contributed by atoms with Crippen LogP contribution in [-0.4, -0.2) is 48.6 Å². The summed E-state index contributed by atoms with van der Waals surface area (Å²) < 4.78 is 7.41. The summed E-state index contributed by atoms with van der Waals surface area (Å²) in [6.07, 6.45) is 12.2. The molecule has 0 saturated carbocycles. The molecule has 0 aliphatic rings. The van der Waals surface area contributed by atoms with Gasteiger partial charge in [-0.05, 0) is 44.7 Å². The van der Waals surface area contributed by atoms with Crippen LogP contribution in [0, 0.1) is 11.8 Å². The number of aromatic nitrogens is 1. The van der Waals surface area contributed by atoms with Crippen LogP contribution in [0.4, 0.5) is 0 Å². The number of esters is 1. The zero-order valence-electron chi connectivity index (χ0n) is 17.8. The molecule has 0 amide bonds. The van der Waals surface area contributed by atoms with E-state index < -0.39 is 0 Å². The lowest BCUT2D eigenvalue weighted by atomic mass is 10.0. The second-order valence-corrected chi connectivity index (χ2v) is 8.23. The topological polar surface area (TPSA) is 33.4 Å². The Bertz CT molecular complexity index is 589. The van der Waals surface area contributed by atoms with Crippen molar-refractivity contribution in [3.63, 3.8) is 0 Å². The fraction of sp³-hybridized carbons (Fsp3) is 0.636. The Morgan fingerprint density at radius 2 is 1.89 bits per heavy atom. The summed E-state index contributed by atoms with van der Waals surface area (Å²) in [6.45, 7) is 5.58. The van der Waals surface area contributed by atoms with Gasteiger partial charge in [-0.25, -0.2) is 4.57 Å². The number of carbonyl (C=O) groups excluding carboxylic acids is 1. The van der Waals surface area contributed by atoms with Crippen molar-refractivity contribution in [2.75, 3.05) is 31.7 Å². The van der Waals surface area contributed by atoms with E-state index >= 15 is 0 Å². The number of nitrogens with zero attached hydrogens (tertiary/aromatic N) is 2. The molecule has 0 N–H and O–H groups in total. The third-order valence-corrected chi connectivity index (χ3v) is 6.12. The quantitative estimate of drug-likeness (QED) is 0.167. The van der Waals surface area contributed by atoms with Crippen LogP contribution < -0.4 is 4.57 Å². The van der Waals surface area contributed by atoms with Gasteiger partial charge in [0, 0.05) is 36.2 Å². The minimum absolute atomic E-state index is 0.203. The average Bonchev–Trinajstić information content (AvgIpc) is 2.69. The molecule has 1 aromatic rings. The first-order chi connectivity index (χ1) is 13.4. The molecule has 1 aromatic heterocycles. The summed E-state index contributed by atoms with van der Waals surface area (Å²) in [7, 11) is 4.12. The summed E-state index contributed by atoms with van der Waals surface area (Å²) >= 11 is 8.32. The molecular weight excluding hydrogens is 388 g/mol. The number of hydrogen-bond acceptors (Lipinski definition) is 5. The Labute approximate surface area is 182 Å². The molecule has 0 saturated heterocycles. The molecular formula is C22H37N2O2S2+. The number of carbonyl (C=O) groups is 1. The monoisotopic (exact) mass is 425 g/mol. The number of pyridine rings is 1. The first-order valence-corrected chi connectivity index (χ1v) is 11.3. The Morgan fingerprint density at radius 1 is 1.25 bits per heavy atom. The maximum Gasteiger partial charge on any atom is 0.310 e. The zero-order valence-corrected chi connectivity index (χ0v) is 19.5. The lowest BCUT2D eigenvalue weighted by Crippen LogP contribution is -2.36. The van der Waals surface area contributed by atoms with Gasteiger partial charge in [0.2, 0.25) is 0 Å². The van der Waals surface area contributed by atoms with Gasteiger partial charge in [-0.15, -0.1) is 0 Å². The van der Waals surface area contributed by atoms with Crippen LogP contribution in [0.15, 0.2) is 36.7 Å². The third kappa shape index (κ3) is 9.48. The minimum atomic E-state index is -0.227. The molecule has 158 valence electrons. The van der Waals surface area contributed by atoms with Crippen molar-refractivity contribution in [1.82, 2.24) is 4.90 Å². The predicted octanol–water partition coefficient (Wildman–Crippen LogP) is 3.37. The van der Waals surface area contributed by atoms with Crippen molar-refractivity contribution >= 4 is 31.2 Å². The number of rotatable bonds is 13. The molecule has 6 heteroatoms. The number of likely N-dealkylation sites (N-methyl/N-ethyl adjacent to an activating group) is 1. The molecule has 0 bridgehead atoms. The van der Waals surface area contributed by atoms with E-state index in [1.165, 1.54) is 5.56 Å². The molecule has 0 radical (unpaired) electrons. The number of aryl methyl sites for hydroxylation is 2. The molecule has 0 spiro atoms. The van der Waals surface area contributed by atoms with E-state index in [1.807, 2.05) is 7.05 Å². The molecule has 0 aliphatic heterocycles. The average molecular weight is 426 g/mol. The molecule has 4 nitrogen and oxygen atoms in total. The van der Waals surface area contributed by atoms with Crippen molar-refractivity contribution < 1.29 is 14.1 Å². The van der Waals surface area contributed by atoms with Crippen molar-refractivity contribution in [3.8, 4) is 0 Å². The van der Waals surface area contributed by atoms with Gasteiger partial charge in [0.05, 0.1) is 5.92 Å². The van der Waals surface area contributed by atoms with E-state index in [1.54, 1.807) is 0 Å². The number of unbranched alkanes of at least 4 members (excludes halogenated alkanes) is 1. The second-order valence-electron chi connectivity index (χ2n) is 7.50. The van der Waals surface area contributed by atoms with E-state index in [0.717, 1.165) is 25.8 Å². The van der Waals surface area contributed by atoms with Crippen LogP contribution in [0.1, 0.15) is 32.3 Å². The zero-order chi connectivity index (χ0) is 20.9. The van der Waals surface area contributed by atoms with E-state index in [-0.39, 0.29) is 11.9 Å². The standard InChI is InChI=1S/C22H36N2O2S2/c1-18(8-6-5-7-9-20-10-12-23(3)13-11-20)19(2)24(4)14-15-26-22(25)21(16-27)17-28/h6,8,10-13,18-19,21H,5,7,9,14-17H2,1-4H3,(H-,27,28)/p+1. The van der Waals surface area contributed by atoms with Crippen LogP contribution in [0.5, 0.6) is 0 Å². The Morgan fingerprint density at radius 3 is 2.50 bits per heavy atom. The predicted molar refractivity (Wildman–Crippen MR) is 123 cm³/mol. The number of ether oxygens (including phenoxy) is 1. The lowest BCUT2D eigenvalue weighted by molar-refractivity contribution is -0.671. The van der Waals surface area contributed by atoms with Gasteiger partial charge in [0.25, 0.3) is 0 Å². The molecule has 1 heterocycles. The van der Waals surface area contributed by atoms with Gasteiger partial charge in [0.1, 0.15) is 13.7 Å². The first kappa shape index (κ1) is 25.1. The van der Waals surface area contributed by atoms with Crippen molar-refractivity contribution in [2.24, 2.45) is 18.9 Å². The van der Waals surface area contributed by atoms with Gasteiger partial charge >= 0.3 is 5.97 Å². The van der Waals surface area contributed by atoms with Gasteiger partial charge in [0.15, 0.2) is 12.4 Å². The van der Waals surface area contributed by atoms with Crippen LogP contribution in [0.3, 0.4) is 0 Å². The molecule has 28 heavy (non-hydrogen) atoms. The minimum Gasteiger partial charge on any atom is -0.464 e. The van der Waals surface area contributed by atoms with Crippen LogP contribution in [0.25, 0.3) is 0 Å². The molecule has 2 atom stereocenters. The number of thiol groups is 2. The molecule has 0 fully saturated rings. The highest BCUT2D eigenvalue weighted by Gasteiger charge is 2.18. The SMILES string of the molecule is CC(C=CCCCc1cc[n+](C)cc1)C(C)N(C)CCOC(=O)C(CS)CS. The lowest BCUT2D eigenvalue weighted by Gasteiger charge is -2.28. The Hall–Kier alpha value is -0.980. The van der Waals surface area contributed by atoms with Crippen molar-refractivity contribution in [3.05, 3.63) is 42.2 Å². The molecule has 0 aromatic carbocycles. The molecule has 2 unspecified atom stereocenters. The first-order valence-electron chi connectivity index (χ1n) is 10.1. The van der Waals surface area contributed by atoms with Gasteiger partial charge in [-0.2, -0.15) is 25.3 Å². The Kier molecular flexibility index (Phi) is 12.6. The van der Waals surface area contributed by atoms with Crippen molar-refractivity contribution in [1.29, 1.82) is 0 Å². The van der Waals surface area contributed by atoms with Gasteiger partial charge in [-0.3, -0.25) is 9.69 Å². The normalized spacial score (nSPS) is 14.0. The van der Waals surface area contributed by atoms with Crippen molar-refractivity contribution in [2.45, 2.75) is 39.2 Å². The maximum absolute atomic E-state index is 11.9. The molecule has 0 aliphatic carbocycles. The fourth-order valence-electron chi connectivity index (χ4n) is 2.81. The summed E-state index contributed by atoms with van der Waals surface area (Å²) in [6, 6.07) is 4.75. The summed E-state index contributed by atoms with van der Waals surface area (Å²) in [4.78, 5) is 14.1. The number of hydrogen-bond donors (Lipinski definition) is 2. The van der Waals surface area contributed by atoms with E-state index in [0.29, 0.717) is 30.1 Å². The van der Waals surface area contributed by atoms with Crippen LogP contribution in [0.2, 0.25) is 0 Å². The Balaban J connectivity index is 2.26. The summed E-state index contributed by atoms with van der Waals surface area (Å²) in [5.74, 6) is 0.957. The fourth-order valence-corrected chi connectivity index (χ4v) is 3.57. The third-order valence-electron chi connectivity index (χ3n) is 5.24. The van der Waals surface area contributed by atoms with Crippen LogP contribution in [-0.2, 0) is 23.0 Å². The van der Waals surface area contributed by atoms with Gasteiger partial charge in [-0.1, -0.05) is 19.1 Å². The highest BCUT2D eigenvalue weighted by Crippen LogP contribution is 2.12. The van der Waals surface area contributed by atoms with Gasteiger partial charge < -0.3 is 4.74 Å². The largest absolute Gasteiger partial charge is 0.464 e. The maximum atomic E-state index is 11.9. The van der Waals surface area contributed by atoms with E-state index in [2.05, 4.69) is 92.3 Å². The number of allylic oxidation sites excluding steroid dienone is 1. The summed E-state index contributed by atoms with van der Waals surface area (Å²) in [5.41, 5.74) is 1.39. The van der Waals surface area contributed by atoms with Crippen LogP contribution >= 0.6 is 25.3 Å². The molecule has 1 rings (SSSR count). The van der Waals surface area contributed by atoms with E-state index in [9.17, 15) is 4.79 Å². The second kappa shape index (κ2) is 14.1. The smallest absolute Gasteiger partial charge is 0.310 e. The highest BCUT2D eigenvalue weighted by atomic mass is 32.1. The van der Waals surface area contributed by atoms with E-state index in [4.69, 9.17) is 4.74 Å².